The highest BCUT2D eigenvalue weighted by molar-refractivity contribution is 4.70. The summed E-state index contributed by atoms with van der Waals surface area (Å²) in [5.74, 6) is 0. The third-order valence-electron chi connectivity index (χ3n) is 2.27. The molecule has 1 saturated heterocycles. The minimum absolute atomic E-state index is 0.188. The standard InChI is InChI=1S/C8H16N4O/c9-11-10-6-8(13)7-12-4-2-1-3-5-12/h8,13H,1-7H2/t8-/m0/s1. The van der Waals surface area contributed by atoms with Gasteiger partial charge in [-0.05, 0) is 31.5 Å². The number of nitrogens with zero attached hydrogens (tertiary/aromatic N) is 4. The molecule has 1 heterocycles. The van der Waals surface area contributed by atoms with Crippen molar-refractivity contribution in [3.63, 3.8) is 0 Å². The van der Waals surface area contributed by atoms with Crippen molar-refractivity contribution in [1.29, 1.82) is 0 Å². The molecule has 0 unspecified atom stereocenters. The molecule has 0 aromatic heterocycles. The summed E-state index contributed by atoms with van der Waals surface area (Å²) in [6, 6.07) is 0. The molecule has 0 radical (unpaired) electrons. The number of hydrogen-bond acceptors (Lipinski definition) is 3. The molecule has 74 valence electrons. The van der Waals surface area contributed by atoms with E-state index in [0.717, 1.165) is 13.1 Å². The van der Waals surface area contributed by atoms with Gasteiger partial charge in [-0.15, -0.1) is 0 Å². The maximum atomic E-state index is 9.43. The second kappa shape index (κ2) is 5.80. The Morgan fingerprint density at radius 3 is 2.69 bits per heavy atom. The van der Waals surface area contributed by atoms with Gasteiger partial charge in [-0.25, -0.2) is 0 Å². The molecular weight excluding hydrogens is 168 g/mol. The molecule has 0 aliphatic carbocycles. The van der Waals surface area contributed by atoms with E-state index in [2.05, 4.69) is 14.9 Å². The van der Waals surface area contributed by atoms with Crippen LogP contribution in [0.2, 0.25) is 0 Å². The zero-order chi connectivity index (χ0) is 9.52. The zero-order valence-electron chi connectivity index (χ0n) is 7.76. The molecule has 0 saturated carbocycles. The van der Waals surface area contributed by atoms with Gasteiger partial charge in [0.05, 0.1) is 12.6 Å². The molecule has 1 atom stereocenters. The fourth-order valence-corrected chi connectivity index (χ4v) is 1.63. The van der Waals surface area contributed by atoms with Crippen LogP contribution in [0.5, 0.6) is 0 Å². The lowest BCUT2D eigenvalue weighted by Gasteiger charge is -2.27. The van der Waals surface area contributed by atoms with Crippen LogP contribution in [0, 0.1) is 0 Å². The van der Waals surface area contributed by atoms with E-state index in [9.17, 15) is 5.11 Å². The number of piperidine rings is 1. The van der Waals surface area contributed by atoms with E-state index in [4.69, 9.17) is 5.53 Å². The average Bonchev–Trinajstić information content (AvgIpc) is 2.16. The lowest BCUT2D eigenvalue weighted by molar-refractivity contribution is 0.107. The Morgan fingerprint density at radius 1 is 1.38 bits per heavy atom. The van der Waals surface area contributed by atoms with E-state index in [1.165, 1.54) is 19.3 Å². The van der Waals surface area contributed by atoms with Crippen LogP contribution in [0.3, 0.4) is 0 Å². The third-order valence-corrected chi connectivity index (χ3v) is 2.27. The molecule has 0 amide bonds. The maximum Gasteiger partial charge on any atom is 0.0723 e. The van der Waals surface area contributed by atoms with Crippen molar-refractivity contribution in [3.8, 4) is 0 Å². The summed E-state index contributed by atoms with van der Waals surface area (Å²) >= 11 is 0. The number of rotatable bonds is 4. The molecule has 0 aromatic carbocycles. The highest BCUT2D eigenvalue weighted by atomic mass is 16.3. The highest BCUT2D eigenvalue weighted by Gasteiger charge is 2.13. The first kappa shape index (κ1) is 10.3. The second-order valence-electron chi connectivity index (χ2n) is 3.43. The number of β-amino-alcohol motifs (C(OH)–C–C–N with tert-alkyl or cyclic N) is 1. The zero-order valence-corrected chi connectivity index (χ0v) is 7.76. The van der Waals surface area contributed by atoms with Crippen LogP contribution >= 0.6 is 0 Å². The third kappa shape index (κ3) is 4.12. The molecule has 0 aromatic rings. The highest BCUT2D eigenvalue weighted by Crippen LogP contribution is 2.08. The minimum Gasteiger partial charge on any atom is -0.392 e. The first-order valence-corrected chi connectivity index (χ1v) is 4.74. The number of aliphatic hydroxyl groups excluding tert-OH is 1. The van der Waals surface area contributed by atoms with Crippen LogP contribution in [0.4, 0.5) is 0 Å². The molecule has 1 aliphatic rings. The van der Waals surface area contributed by atoms with Crippen molar-refractivity contribution < 1.29 is 5.11 Å². The van der Waals surface area contributed by atoms with Gasteiger partial charge in [-0.3, -0.25) is 0 Å². The maximum absolute atomic E-state index is 9.43. The van der Waals surface area contributed by atoms with Crippen LogP contribution in [0.25, 0.3) is 10.4 Å². The van der Waals surface area contributed by atoms with E-state index < -0.39 is 6.10 Å². The molecule has 1 fully saturated rings. The van der Waals surface area contributed by atoms with Gasteiger partial charge in [0.15, 0.2) is 0 Å². The van der Waals surface area contributed by atoms with Gasteiger partial charge in [0.25, 0.3) is 0 Å². The first-order chi connectivity index (χ1) is 6.33. The van der Waals surface area contributed by atoms with Crippen LogP contribution in [0.1, 0.15) is 19.3 Å². The predicted molar refractivity (Wildman–Crippen MR) is 50.3 cm³/mol. The van der Waals surface area contributed by atoms with Gasteiger partial charge < -0.3 is 10.0 Å². The molecule has 1 aliphatic heterocycles. The largest absolute Gasteiger partial charge is 0.392 e. The molecule has 1 N–H and O–H groups in total. The van der Waals surface area contributed by atoms with Crippen LogP contribution < -0.4 is 0 Å². The molecule has 13 heavy (non-hydrogen) atoms. The lowest BCUT2D eigenvalue weighted by Crippen LogP contribution is -2.37. The monoisotopic (exact) mass is 184 g/mol. The number of hydrogen-bond donors (Lipinski definition) is 1. The van der Waals surface area contributed by atoms with Crippen LogP contribution in [0.15, 0.2) is 5.11 Å². The molecular formula is C8H16N4O. The van der Waals surface area contributed by atoms with Crippen molar-refractivity contribution in [3.05, 3.63) is 10.4 Å². The number of likely N-dealkylation sites (tertiary alicyclic amines) is 1. The summed E-state index contributed by atoms with van der Waals surface area (Å²) in [4.78, 5) is 4.84. The van der Waals surface area contributed by atoms with E-state index in [0.29, 0.717) is 6.54 Å². The summed E-state index contributed by atoms with van der Waals surface area (Å²) in [7, 11) is 0. The van der Waals surface area contributed by atoms with Gasteiger partial charge in [0.1, 0.15) is 0 Å². The second-order valence-corrected chi connectivity index (χ2v) is 3.43. The van der Waals surface area contributed by atoms with Crippen LogP contribution in [-0.4, -0.2) is 42.3 Å². The van der Waals surface area contributed by atoms with Crippen molar-refractivity contribution in [2.24, 2.45) is 5.11 Å². The molecule has 5 nitrogen and oxygen atoms in total. The summed E-state index contributed by atoms with van der Waals surface area (Å²) in [5.41, 5.74) is 8.05. The van der Waals surface area contributed by atoms with E-state index >= 15 is 0 Å². The Kier molecular flexibility index (Phi) is 4.60. The first-order valence-electron chi connectivity index (χ1n) is 4.74. The smallest absolute Gasteiger partial charge is 0.0723 e. The van der Waals surface area contributed by atoms with Crippen molar-refractivity contribution in [1.82, 2.24) is 4.90 Å². The summed E-state index contributed by atoms with van der Waals surface area (Å²) < 4.78 is 0. The van der Waals surface area contributed by atoms with Crippen molar-refractivity contribution in [2.45, 2.75) is 25.4 Å². The molecule has 0 spiro atoms. The fourth-order valence-electron chi connectivity index (χ4n) is 1.63. The Labute approximate surface area is 78.0 Å². The van der Waals surface area contributed by atoms with E-state index in [1.807, 2.05) is 0 Å². The van der Waals surface area contributed by atoms with Gasteiger partial charge in [0.2, 0.25) is 0 Å². The quantitative estimate of drug-likeness (QED) is 0.404. The molecule has 5 heteroatoms. The Balaban J connectivity index is 2.17. The normalized spacial score (nSPS) is 20.7. The topological polar surface area (TPSA) is 72.2 Å². The van der Waals surface area contributed by atoms with Crippen molar-refractivity contribution >= 4 is 0 Å². The number of azide groups is 1. The predicted octanol–water partition coefficient (Wildman–Crippen LogP) is 1.14. The van der Waals surface area contributed by atoms with Crippen LogP contribution in [-0.2, 0) is 0 Å². The number of aliphatic hydroxyl groups is 1. The van der Waals surface area contributed by atoms with Gasteiger partial charge in [-0.1, -0.05) is 11.5 Å². The summed E-state index contributed by atoms with van der Waals surface area (Å²) in [6.07, 6.45) is 3.22. The average molecular weight is 184 g/mol. The SMILES string of the molecule is [N-]=[N+]=NC[C@H](O)CN1CCCCC1. The van der Waals surface area contributed by atoms with Gasteiger partial charge in [0, 0.05) is 11.5 Å². The van der Waals surface area contributed by atoms with Crippen molar-refractivity contribution in [2.75, 3.05) is 26.2 Å². The molecule has 1 rings (SSSR count). The summed E-state index contributed by atoms with van der Waals surface area (Å²) in [6.45, 7) is 2.95. The molecule has 0 bridgehead atoms. The van der Waals surface area contributed by atoms with E-state index in [-0.39, 0.29) is 6.54 Å². The van der Waals surface area contributed by atoms with Gasteiger partial charge in [-0.2, -0.15) is 0 Å². The Morgan fingerprint density at radius 2 is 2.08 bits per heavy atom. The minimum atomic E-state index is -0.506. The fraction of sp³-hybridized carbons (Fsp3) is 1.00. The van der Waals surface area contributed by atoms with Gasteiger partial charge >= 0.3 is 0 Å². The Bertz CT molecular complexity index is 185. The summed E-state index contributed by atoms with van der Waals surface area (Å²) in [5, 5.41) is 12.8. The van der Waals surface area contributed by atoms with E-state index in [1.54, 1.807) is 0 Å². The Hall–Kier alpha value is -0.770. The lowest BCUT2D eigenvalue weighted by atomic mass is 10.1.